The minimum Gasteiger partial charge on any atom is -0.426 e. The number of anilines is 1. The Kier molecular flexibility index (Phi) is 5.79. The zero-order valence-electron chi connectivity index (χ0n) is 14.8. The van der Waals surface area contributed by atoms with Crippen LogP contribution in [-0.4, -0.2) is 24.6 Å². The number of hydrogen-bond donors (Lipinski definition) is 2. The summed E-state index contributed by atoms with van der Waals surface area (Å²) in [5, 5.41) is 9.23. The highest BCUT2D eigenvalue weighted by Gasteiger charge is 2.04. The average molecular weight is 361 g/mol. The van der Waals surface area contributed by atoms with Gasteiger partial charge in [-0.25, -0.2) is 5.43 Å². The van der Waals surface area contributed by atoms with Gasteiger partial charge in [-0.3, -0.25) is 9.59 Å². The van der Waals surface area contributed by atoms with Crippen LogP contribution in [0.5, 0.6) is 5.75 Å². The summed E-state index contributed by atoms with van der Waals surface area (Å²) in [5.74, 6) is -0.318. The molecule has 0 aliphatic heterocycles. The quantitative estimate of drug-likeness (QED) is 0.305. The predicted octanol–water partition coefficient (Wildman–Crippen LogP) is 3.33. The molecule has 0 unspecified atom stereocenters. The molecule has 0 bridgehead atoms. The van der Waals surface area contributed by atoms with Gasteiger partial charge in [0.05, 0.1) is 12.8 Å². The van der Waals surface area contributed by atoms with Gasteiger partial charge in [0.15, 0.2) is 0 Å². The van der Waals surface area contributed by atoms with Crippen LogP contribution in [0.3, 0.4) is 0 Å². The molecule has 6 nitrogen and oxygen atoms in total. The third-order valence-corrected chi connectivity index (χ3v) is 3.77. The van der Waals surface area contributed by atoms with Gasteiger partial charge in [-0.15, -0.1) is 0 Å². The van der Waals surface area contributed by atoms with E-state index in [1.807, 2.05) is 42.5 Å². The topological polar surface area (TPSA) is 79.8 Å². The summed E-state index contributed by atoms with van der Waals surface area (Å²) in [6.07, 6.45) is 1.44. The molecule has 0 aliphatic carbocycles. The molecule has 3 aromatic rings. The minimum atomic E-state index is -0.417. The van der Waals surface area contributed by atoms with E-state index in [2.05, 4.69) is 15.8 Å². The highest BCUT2D eigenvalue weighted by Crippen LogP contribution is 2.18. The fourth-order valence-electron chi connectivity index (χ4n) is 2.53. The maximum Gasteiger partial charge on any atom is 0.308 e. The van der Waals surface area contributed by atoms with Crippen molar-refractivity contribution >= 4 is 34.6 Å². The van der Waals surface area contributed by atoms with Crippen molar-refractivity contribution in [3.05, 3.63) is 72.3 Å². The number of benzene rings is 3. The van der Waals surface area contributed by atoms with Gasteiger partial charge < -0.3 is 10.1 Å². The van der Waals surface area contributed by atoms with E-state index in [1.54, 1.807) is 24.3 Å². The SMILES string of the molecule is CC(=O)Oc1ccccc1/C=N\NC(=O)CNc1ccc2ccccc2c1. The number of esters is 1. The maximum absolute atomic E-state index is 12.0. The number of nitrogens with zero attached hydrogens (tertiary/aromatic N) is 1. The molecule has 0 aromatic heterocycles. The summed E-state index contributed by atoms with van der Waals surface area (Å²) >= 11 is 0. The zero-order chi connectivity index (χ0) is 19.1. The highest BCUT2D eigenvalue weighted by atomic mass is 16.5. The van der Waals surface area contributed by atoms with E-state index in [4.69, 9.17) is 4.74 Å². The van der Waals surface area contributed by atoms with E-state index in [9.17, 15) is 9.59 Å². The Morgan fingerprint density at radius 3 is 2.56 bits per heavy atom. The van der Waals surface area contributed by atoms with Crippen LogP contribution >= 0.6 is 0 Å². The lowest BCUT2D eigenvalue weighted by Crippen LogP contribution is -2.25. The largest absolute Gasteiger partial charge is 0.426 e. The smallest absolute Gasteiger partial charge is 0.308 e. The van der Waals surface area contributed by atoms with Crippen molar-refractivity contribution in [2.24, 2.45) is 5.10 Å². The monoisotopic (exact) mass is 361 g/mol. The van der Waals surface area contributed by atoms with Gasteiger partial charge in [0.25, 0.3) is 5.91 Å². The number of ether oxygens (including phenoxy) is 1. The molecule has 0 atom stereocenters. The van der Waals surface area contributed by atoms with Crippen molar-refractivity contribution in [2.45, 2.75) is 6.92 Å². The van der Waals surface area contributed by atoms with Crippen LogP contribution in [0, 0.1) is 0 Å². The third kappa shape index (κ3) is 5.15. The lowest BCUT2D eigenvalue weighted by Gasteiger charge is -2.07. The maximum atomic E-state index is 12.0. The van der Waals surface area contributed by atoms with E-state index in [-0.39, 0.29) is 12.5 Å². The third-order valence-electron chi connectivity index (χ3n) is 3.77. The van der Waals surface area contributed by atoms with Gasteiger partial charge in [-0.1, -0.05) is 42.5 Å². The van der Waals surface area contributed by atoms with Gasteiger partial charge in [-0.05, 0) is 35.0 Å². The molecule has 1 amide bonds. The van der Waals surface area contributed by atoms with Crippen LogP contribution in [0.1, 0.15) is 12.5 Å². The van der Waals surface area contributed by atoms with Gasteiger partial charge >= 0.3 is 5.97 Å². The first-order chi connectivity index (χ1) is 13.1. The Bertz CT molecular complexity index is 999. The molecular formula is C21H19N3O3. The standard InChI is InChI=1S/C21H19N3O3/c1-15(25)27-20-9-5-4-8-18(20)13-23-24-21(26)14-22-19-11-10-16-6-2-3-7-17(16)12-19/h2-13,22H,14H2,1H3,(H,24,26)/b23-13-. The molecule has 136 valence electrons. The van der Waals surface area contributed by atoms with E-state index in [0.717, 1.165) is 16.5 Å². The molecule has 0 spiro atoms. The Balaban J connectivity index is 1.55. The molecule has 6 heteroatoms. The Labute approximate surface area is 156 Å². The minimum absolute atomic E-state index is 0.0846. The molecule has 0 saturated heterocycles. The Morgan fingerprint density at radius 2 is 1.74 bits per heavy atom. The molecule has 0 saturated carbocycles. The normalized spacial score (nSPS) is 10.7. The van der Waals surface area contributed by atoms with Crippen LogP contribution in [0.15, 0.2) is 71.8 Å². The van der Waals surface area contributed by atoms with Gasteiger partial charge in [0.1, 0.15) is 5.75 Å². The first-order valence-corrected chi connectivity index (χ1v) is 8.44. The summed E-state index contributed by atoms with van der Waals surface area (Å²) in [7, 11) is 0. The van der Waals surface area contributed by atoms with Crippen molar-refractivity contribution in [2.75, 3.05) is 11.9 Å². The van der Waals surface area contributed by atoms with Crippen LogP contribution in [0.2, 0.25) is 0 Å². The van der Waals surface area contributed by atoms with Crippen molar-refractivity contribution in [1.82, 2.24) is 5.43 Å². The fraction of sp³-hybridized carbons (Fsp3) is 0.0952. The Morgan fingerprint density at radius 1 is 1.00 bits per heavy atom. The van der Waals surface area contributed by atoms with Gasteiger partial charge in [-0.2, -0.15) is 5.10 Å². The number of para-hydroxylation sites is 1. The molecule has 0 heterocycles. The molecule has 0 aliphatic rings. The summed E-state index contributed by atoms with van der Waals surface area (Å²) in [6.45, 7) is 1.41. The molecule has 27 heavy (non-hydrogen) atoms. The number of fused-ring (bicyclic) bond motifs is 1. The fourth-order valence-corrected chi connectivity index (χ4v) is 2.53. The molecule has 0 fully saturated rings. The zero-order valence-corrected chi connectivity index (χ0v) is 14.8. The van der Waals surface area contributed by atoms with Crippen molar-refractivity contribution < 1.29 is 14.3 Å². The number of carbonyl (C=O) groups is 2. The predicted molar refractivity (Wildman–Crippen MR) is 106 cm³/mol. The van der Waals surface area contributed by atoms with Gasteiger partial charge in [0.2, 0.25) is 0 Å². The molecular weight excluding hydrogens is 342 g/mol. The van der Waals surface area contributed by atoms with Crippen LogP contribution in [0.4, 0.5) is 5.69 Å². The van der Waals surface area contributed by atoms with Gasteiger partial charge in [0, 0.05) is 18.2 Å². The number of hydrazone groups is 1. The first-order valence-electron chi connectivity index (χ1n) is 8.44. The average Bonchev–Trinajstić information content (AvgIpc) is 2.67. The molecule has 3 rings (SSSR count). The van der Waals surface area contributed by atoms with Crippen molar-refractivity contribution in [1.29, 1.82) is 0 Å². The second kappa shape index (κ2) is 8.62. The number of hydrogen-bond acceptors (Lipinski definition) is 5. The Hall–Kier alpha value is -3.67. The summed E-state index contributed by atoms with van der Waals surface area (Å²) in [4.78, 5) is 23.1. The number of nitrogens with one attached hydrogen (secondary N) is 2. The van der Waals surface area contributed by atoms with Crippen LogP contribution in [-0.2, 0) is 9.59 Å². The molecule has 2 N–H and O–H groups in total. The van der Waals surface area contributed by atoms with Crippen LogP contribution in [0.25, 0.3) is 10.8 Å². The van der Waals surface area contributed by atoms with Crippen LogP contribution < -0.4 is 15.5 Å². The number of rotatable bonds is 6. The number of amides is 1. The lowest BCUT2D eigenvalue weighted by atomic mass is 10.1. The second-order valence-electron chi connectivity index (χ2n) is 5.84. The van der Waals surface area contributed by atoms with E-state index >= 15 is 0 Å². The van der Waals surface area contributed by atoms with E-state index < -0.39 is 5.97 Å². The van der Waals surface area contributed by atoms with Crippen molar-refractivity contribution in [3.63, 3.8) is 0 Å². The highest BCUT2D eigenvalue weighted by molar-refractivity contribution is 5.88. The molecule has 3 aromatic carbocycles. The van der Waals surface area contributed by atoms with E-state index in [0.29, 0.717) is 11.3 Å². The van der Waals surface area contributed by atoms with Crippen molar-refractivity contribution in [3.8, 4) is 5.75 Å². The summed E-state index contributed by atoms with van der Waals surface area (Å²) < 4.78 is 5.09. The second-order valence-corrected chi connectivity index (χ2v) is 5.84. The summed E-state index contributed by atoms with van der Waals surface area (Å²) in [5.41, 5.74) is 3.89. The number of carbonyl (C=O) groups excluding carboxylic acids is 2. The summed E-state index contributed by atoms with van der Waals surface area (Å²) in [6, 6.07) is 20.9. The van der Waals surface area contributed by atoms with E-state index in [1.165, 1.54) is 13.1 Å². The first kappa shape index (κ1) is 18.1. The molecule has 0 radical (unpaired) electrons. The lowest BCUT2D eigenvalue weighted by molar-refractivity contribution is -0.131.